The number of tetrazole rings is 1. The molecule has 0 aliphatic heterocycles. The zero-order chi connectivity index (χ0) is 14.8. The molecule has 1 rings (SSSR count). The largest absolute Gasteiger partial charge is 0.481 e. The van der Waals surface area contributed by atoms with Crippen LogP contribution in [0.1, 0.15) is 77.1 Å². The van der Waals surface area contributed by atoms with Crippen LogP contribution in [0.4, 0.5) is 0 Å². The number of carboxylic acid groups (broad SMARTS) is 1. The van der Waals surface area contributed by atoms with Crippen LogP contribution in [0.15, 0.2) is 0 Å². The van der Waals surface area contributed by atoms with Gasteiger partial charge in [0.15, 0.2) is 5.82 Å². The Bertz CT molecular complexity index is 392. The molecular formula is C14H26N4O2. The SMILES string of the molecule is CCCCCCCc1nnnn1C(CCC)CC(=O)O. The first-order chi connectivity index (χ1) is 9.69. The number of hydrogen-bond donors (Lipinski definition) is 1. The van der Waals surface area contributed by atoms with E-state index in [2.05, 4.69) is 22.4 Å². The molecule has 1 heterocycles. The van der Waals surface area contributed by atoms with Gasteiger partial charge in [-0.3, -0.25) is 4.79 Å². The van der Waals surface area contributed by atoms with E-state index in [0.29, 0.717) is 0 Å². The Morgan fingerprint density at radius 1 is 1.20 bits per heavy atom. The van der Waals surface area contributed by atoms with Crippen molar-refractivity contribution in [2.75, 3.05) is 0 Å². The van der Waals surface area contributed by atoms with Gasteiger partial charge in [-0.25, -0.2) is 4.68 Å². The molecule has 0 saturated carbocycles. The van der Waals surface area contributed by atoms with Crippen molar-refractivity contribution in [2.24, 2.45) is 0 Å². The maximum atomic E-state index is 10.9. The highest BCUT2D eigenvalue weighted by atomic mass is 16.4. The Morgan fingerprint density at radius 2 is 1.95 bits per heavy atom. The van der Waals surface area contributed by atoms with Crippen molar-refractivity contribution < 1.29 is 9.90 Å². The van der Waals surface area contributed by atoms with Gasteiger partial charge in [0, 0.05) is 6.42 Å². The number of unbranched alkanes of at least 4 members (excludes halogenated alkanes) is 4. The number of aryl methyl sites for hydroxylation is 1. The summed E-state index contributed by atoms with van der Waals surface area (Å²) in [5, 5.41) is 20.8. The Hall–Kier alpha value is -1.46. The van der Waals surface area contributed by atoms with E-state index in [1.165, 1.54) is 25.7 Å². The molecule has 0 radical (unpaired) electrons. The van der Waals surface area contributed by atoms with Gasteiger partial charge in [-0.2, -0.15) is 0 Å². The molecule has 0 fully saturated rings. The average molecular weight is 282 g/mol. The Labute approximate surface area is 120 Å². The van der Waals surface area contributed by atoms with E-state index in [1.54, 1.807) is 4.68 Å². The van der Waals surface area contributed by atoms with Crippen molar-refractivity contribution in [2.45, 2.75) is 77.7 Å². The minimum atomic E-state index is -0.798. The molecule has 1 unspecified atom stereocenters. The standard InChI is InChI=1S/C14H26N4O2/c1-3-5-6-7-8-10-13-15-16-17-18(13)12(9-4-2)11-14(19)20/h12H,3-11H2,1-2H3,(H,19,20). The number of aliphatic carboxylic acids is 1. The molecule has 0 amide bonds. The molecule has 0 saturated heterocycles. The average Bonchev–Trinajstić information content (AvgIpc) is 2.86. The monoisotopic (exact) mass is 282 g/mol. The van der Waals surface area contributed by atoms with Crippen LogP contribution in [-0.2, 0) is 11.2 Å². The third-order valence-electron chi connectivity index (χ3n) is 3.44. The van der Waals surface area contributed by atoms with Crippen LogP contribution in [-0.4, -0.2) is 31.3 Å². The van der Waals surface area contributed by atoms with Crippen molar-refractivity contribution in [1.29, 1.82) is 0 Å². The lowest BCUT2D eigenvalue weighted by Gasteiger charge is -2.15. The third kappa shape index (κ3) is 5.67. The minimum absolute atomic E-state index is 0.0850. The summed E-state index contributed by atoms with van der Waals surface area (Å²) < 4.78 is 1.72. The highest BCUT2D eigenvalue weighted by Crippen LogP contribution is 2.19. The summed E-state index contributed by atoms with van der Waals surface area (Å²) in [6.45, 7) is 4.24. The summed E-state index contributed by atoms with van der Waals surface area (Å²) >= 11 is 0. The summed E-state index contributed by atoms with van der Waals surface area (Å²) in [4.78, 5) is 10.9. The van der Waals surface area contributed by atoms with Crippen LogP contribution in [0.2, 0.25) is 0 Å². The molecule has 1 atom stereocenters. The fraction of sp³-hybridized carbons (Fsp3) is 0.857. The van der Waals surface area contributed by atoms with Gasteiger partial charge in [-0.15, -0.1) is 5.10 Å². The third-order valence-corrected chi connectivity index (χ3v) is 3.44. The maximum Gasteiger partial charge on any atom is 0.305 e. The van der Waals surface area contributed by atoms with E-state index in [-0.39, 0.29) is 12.5 Å². The molecule has 0 aromatic carbocycles. The predicted molar refractivity (Wildman–Crippen MR) is 76.5 cm³/mol. The Kier molecular flexibility index (Phi) is 7.84. The first-order valence-electron chi connectivity index (χ1n) is 7.67. The molecule has 0 spiro atoms. The second-order valence-corrected chi connectivity index (χ2v) is 5.24. The summed E-state index contributed by atoms with van der Waals surface area (Å²) in [5.41, 5.74) is 0. The molecule has 20 heavy (non-hydrogen) atoms. The summed E-state index contributed by atoms with van der Waals surface area (Å²) in [7, 11) is 0. The van der Waals surface area contributed by atoms with E-state index >= 15 is 0 Å². The van der Waals surface area contributed by atoms with Gasteiger partial charge in [0.1, 0.15) is 0 Å². The highest BCUT2D eigenvalue weighted by Gasteiger charge is 2.19. The lowest BCUT2D eigenvalue weighted by atomic mass is 10.1. The van der Waals surface area contributed by atoms with Crippen LogP contribution in [0, 0.1) is 0 Å². The van der Waals surface area contributed by atoms with Crippen molar-refractivity contribution in [3.05, 3.63) is 5.82 Å². The van der Waals surface area contributed by atoms with Gasteiger partial charge in [0.25, 0.3) is 0 Å². The zero-order valence-corrected chi connectivity index (χ0v) is 12.6. The fourth-order valence-electron chi connectivity index (χ4n) is 2.39. The normalized spacial score (nSPS) is 12.5. The van der Waals surface area contributed by atoms with Gasteiger partial charge >= 0.3 is 5.97 Å². The Balaban J connectivity index is 2.55. The van der Waals surface area contributed by atoms with Crippen LogP contribution >= 0.6 is 0 Å². The van der Waals surface area contributed by atoms with E-state index < -0.39 is 5.97 Å². The highest BCUT2D eigenvalue weighted by molar-refractivity contribution is 5.67. The maximum absolute atomic E-state index is 10.9. The van der Waals surface area contributed by atoms with E-state index in [4.69, 9.17) is 5.11 Å². The molecule has 0 aliphatic carbocycles. The summed E-state index contributed by atoms with van der Waals surface area (Å²) in [5.74, 6) is 0.0223. The number of nitrogens with zero attached hydrogens (tertiary/aromatic N) is 4. The van der Waals surface area contributed by atoms with Crippen LogP contribution in [0.5, 0.6) is 0 Å². The number of rotatable bonds is 11. The van der Waals surface area contributed by atoms with Gasteiger partial charge in [-0.05, 0) is 23.3 Å². The molecule has 114 valence electrons. The fourth-order valence-corrected chi connectivity index (χ4v) is 2.39. The number of carboxylic acids is 1. The van der Waals surface area contributed by atoms with Crippen molar-refractivity contribution in [3.8, 4) is 0 Å². The lowest BCUT2D eigenvalue weighted by Crippen LogP contribution is -2.17. The van der Waals surface area contributed by atoms with Gasteiger partial charge in [0.05, 0.1) is 12.5 Å². The van der Waals surface area contributed by atoms with E-state index in [9.17, 15) is 4.79 Å². The molecule has 0 aliphatic rings. The van der Waals surface area contributed by atoms with Crippen LogP contribution < -0.4 is 0 Å². The van der Waals surface area contributed by atoms with E-state index in [1.807, 2.05) is 6.92 Å². The van der Waals surface area contributed by atoms with Crippen LogP contribution in [0.25, 0.3) is 0 Å². The second-order valence-electron chi connectivity index (χ2n) is 5.24. The van der Waals surface area contributed by atoms with Crippen molar-refractivity contribution in [3.63, 3.8) is 0 Å². The topological polar surface area (TPSA) is 80.9 Å². The molecule has 1 N–H and O–H groups in total. The predicted octanol–water partition coefficient (Wildman–Crippen LogP) is 3.00. The minimum Gasteiger partial charge on any atom is -0.481 e. The lowest BCUT2D eigenvalue weighted by molar-refractivity contribution is -0.138. The van der Waals surface area contributed by atoms with Crippen LogP contribution in [0.3, 0.4) is 0 Å². The molecular weight excluding hydrogens is 256 g/mol. The smallest absolute Gasteiger partial charge is 0.305 e. The second kappa shape index (κ2) is 9.44. The molecule has 6 heteroatoms. The molecule has 0 bridgehead atoms. The van der Waals surface area contributed by atoms with Crippen molar-refractivity contribution >= 4 is 5.97 Å². The molecule has 1 aromatic rings. The number of hydrogen-bond acceptors (Lipinski definition) is 4. The first kappa shape index (κ1) is 16.6. The van der Waals surface area contributed by atoms with Crippen molar-refractivity contribution in [1.82, 2.24) is 20.2 Å². The molecule has 6 nitrogen and oxygen atoms in total. The number of carbonyl (C=O) groups is 1. The number of aromatic nitrogens is 4. The summed E-state index contributed by atoms with van der Waals surface area (Å²) in [6, 6.07) is -0.127. The van der Waals surface area contributed by atoms with Gasteiger partial charge in [-0.1, -0.05) is 46.0 Å². The van der Waals surface area contributed by atoms with Gasteiger partial charge in [0.2, 0.25) is 0 Å². The quantitative estimate of drug-likeness (QED) is 0.631. The van der Waals surface area contributed by atoms with E-state index in [0.717, 1.165) is 31.5 Å². The first-order valence-corrected chi connectivity index (χ1v) is 7.67. The Morgan fingerprint density at radius 3 is 2.60 bits per heavy atom. The molecule has 1 aromatic heterocycles. The zero-order valence-electron chi connectivity index (χ0n) is 12.6. The van der Waals surface area contributed by atoms with Gasteiger partial charge < -0.3 is 5.11 Å². The summed E-state index contributed by atoms with van der Waals surface area (Å²) in [6.07, 6.45) is 8.61.